The Kier molecular flexibility index (Phi) is 4.33. The number of carbonyl (C=O) groups excluding carboxylic acids is 1. The van der Waals surface area contributed by atoms with Crippen LogP contribution < -0.4 is 5.32 Å². The van der Waals surface area contributed by atoms with Crippen LogP contribution in [0.2, 0.25) is 0 Å². The van der Waals surface area contributed by atoms with Gasteiger partial charge in [0.05, 0.1) is 13.3 Å². The molecule has 0 aliphatic heterocycles. The molecule has 18 heavy (non-hydrogen) atoms. The van der Waals surface area contributed by atoms with Gasteiger partial charge in [-0.2, -0.15) is 0 Å². The van der Waals surface area contributed by atoms with E-state index in [-0.39, 0.29) is 5.97 Å². The highest BCUT2D eigenvalue weighted by molar-refractivity contribution is 9.10. The molecule has 1 aromatic heterocycles. The summed E-state index contributed by atoms with van der Waals surface area (Å²) in [6.07, 6.45) is 1.51. The van der Waals surface area contributed by atoms with Crippen LogP contribution in [0.4, 0.5) is 5.13 Å². The Balaban J connectivity index is 1.96. The fraction of sp³-hybridized carbons (Fsp3) is 0.167. The minimum absolute atomic E-state index is 0.357. The largest absolute Gasteiger partial charge is 0.465 e. The number of nitrogens with one attached hydrogen (secondary N) is 1. The highest BCUT2D eigenvalue weighted by atomic mass is 79.9. The third kappa shape index (κ3) is 3.30. The lowest BCUT2D eigenvalue weighted by molar-refractivity contribution is 0.0606. The van der Waals surface area contributed by atoms with E-state index in [0.29, 0.717) is 16.6 Å². The summed E-state index contributed by atoms with van der Waals surface area (Å²) < 4.78 is 5.67. The SMILES string of the molecule is COC(=O)c1cnc(NCc2ccc(Br)cc2)s1. The van der Waals surface area contributed by atoms with Crippen molar-refractivity contribution in [1.29, 1.82) is 0 Å². The van der Waals surface area contributed by atoms with Crippen LogP contribution >= 0.6 is 27.3 Å². The number of hydrogen-bond acceptors (Lipinski definition) is 5. The number of esters is 1. The Hall–Kier alpha value is -1.40. The summed E-state index contributed by atoms with van der Waals surface area (Å²) in [6, 6.07) is 8.01. The van der Waals surface area contributed by atoms with E-state index in [2.05, 4.69) is 31.0 Å². The van der Waals surface area contributed by atoms with Gasteiger partial charge in [0.25, 0.3) is 0 Å². The average molecular weight is 327 g/mol. The number of rotatable bonds is 4. The minimum atomic E-state index is -0.357. The third-order valence-corrected chi connectivity index (χ3v) is 3.71. The second kappa shape index (κ2) is 5.97. The quantitative estimate of drug-likeness (QED) is 0.876. The zero-order valence-corrected chi connectivity index (χ0v) is 12.0. The number of methoxy groups -OCH3 is 1. The van der Waals surface area contributed by atoms with E-state index in [4.69, 9.17) is 0 Å². The molecule has 0 saturated carbocycles. The number of carbonyl (C=O) groups is 1. The molecule has 0 aliphatic rings. The molecule has 6 heteroatoms. The smallest absolute Gasteiger partial charge is 0.349 e. The van der Waals surface area contributed by atoms with Crippen LogP contribution in [0.25, 0.3) is 0 Å². The van der Waals surface area contributed by atoms with Crippen molar-refractivity contribution in [2.24, 2.45) is 0 Å². The van der Waals surface area contributed by atoms with Crippen LogP contribution in [0.3, 0.4) is 0 Å². The Morgan fingerprint density at radius 2 is 2.17 bits per heavy atom. The average Bonchev–Trinajstić information content (AvgIpc) is 2.86. The van der Waals surface area contributed by atoms with Crippen molar-refractivity contribution in [3.8, 4) is 0 Å². The van der Waals surface area contributed by atoms with Gasteiger partial charge in [0.2, 0.25) is 0 Å². The van der Waals surface area contributed by atoms with Crippen LogP contribution in [0, 0.1) is 0 Å². The number of nitrogens with zero attached hydrogens (tertiary/aromatic N) is 1. The van der Waals surface area contributed by atoms with Gasteiger partial charge in [-0.05, 0) is 17.7 Å². The van der Waals surface area contributed by atoms with Crippen LogP contribution in [-0.2, 0) is 11.3 Å². The first kappa shape index (κ1) is 13.0. The molecule has 0 unspecified atom stereocenters. The summed E-state index contributed by atoms with van der Waals surface area (Å²) in [5.41, 5.74) is 1.15. The van der Waals surface area contributed by atoms with Crippen LogP contribution in [0.5, 0.6) is 0 Å². The number of benzene rings is 1. The van der Waals surface area contributed by atoms with E-state index in [1.165, 1.54) is 24.6 Å². The maximum Gasteiger partial charge on any atom is 0.349 e. The van der Waals surface area contributed by atoms with Crippen molar-refractivity contribution in [1.82, 2.24) is 4.98 Å². The van der Waals surface area contributed by atoms with Crippen molar-refractivity contribution in [2.75, 3.05) is 12.4 Å². The lowest BCUT2D eigenvalue weighted by atomic mass is 10.2. The van der Waals surface area contributed by atoms with E-state index in [9.17, 15) is 4.79 Å². The number of thiazole rings is 1. The second-order valence-corrected chi connectivity index (χ2v) is 5.45. The standard InChI is InChI=1S/C12H11BrN2O2S/c1-17-11(16)10-7-15-12(18-10)14-6-8-2-4-9(13)5-3-8/h2-5,7H,6H2,1H3,(H,14,15). The summed E-state index contributed by atoms with van der Waals surface area (Å²) in [5.74, 6) is -0.357. The number of aromatic nitrogens is 1. The van der Waals surface area contributed by atoms with Crippen LogP contribution in [0.15, 0.2) is 34.9 Å². The molecule has 0 fully saturated rings. The Labute approximate surface area is 117 Å². The highest BCUT2D eigenvalue weighted by Gasteiger charge is 2.09. The lowest BCUT2D eigenvalue weighted by Crippen LogP contribution is -1.98. The highest BCUT2D eigenvalue weighted by Crippen LogP contribution is 2.19. The molecule has 1 aromatic carbocycles. The monoisotopic (exact) mass is 326 g/mol. The molecule has 0 aliphatic carbocycles. The molecule has 0 bridgehead atoms. The zero-order chi connectivity index (χ0) is 13.0. The maximum atomic E-state index is 11.3. The molecule has 2 aromatic rings. The Morgan fingerprint density at radius 3 is 2.83 bits per heavy atom. The van der Waals surface area contributed by atoms with Gasteiger partial charge < -0.3 is 10.1 Å². The molecule has 1 N–H and O–H groups in total. The zero-order valence-electron chi connectivity index (χ0n) is 9.64. The van der Waals surface area contributed by atoms with E-state index in [1.54, 1.807) is 0 Å². The van der Waals surface area contributed by atoms with Crippen molar-refractivity contribution in [2.45, 2.75) is 6.54 Å². The van der Waals surface area contributed by atoms with Gasteiger partial charge >= 0.3 is 5.97 Å². The van der Waals surface area contributed by atoms with Crippen LogP contribution in [0.1, 0.15) is 15.2 Å². The van der Waals surface area contributed by atoms with Gasteiger partial charge in [-0.25, -0.2) is 9.78 Å². The van der Waals surface area contributed by atoms with Gasteiger partial charge in [0, 0.05) is 11.0 Å². The van der Waals surface area contributed by atoms with Crippen molar-refractivity contribution >= 4 is 38.4 Å². The first-order chi connectivity index (χ1) is 8.69. The Morgan fingerprint density at radius 1 is 1.44 bits per heavy atom. The van der Waals surface area contributed by atoms with E-state index in [0.717, 1.165) is 10.0 Å². The molecule has 94 valence electrons. The molecule has 0 amide bonds. The fourth-order valence-corrected chi connectivity index (χ4v) is 2.33. The summed E-state index contributed by atoms with van der Waals surface area (Å²) in [7, 11) is 1.36. The number of hydrogen-bond donors (Lipinski definition) is 1. The lowest BCUT2D eigenvalue weighted by Gasteiger charge is -2.02. The topological polar surface area (TPSA) is 51.2 Å². The molecular weight excluding hydrogens is 316 g/mol. The molecule has 4 nitrogen and oxygen atoms in total. The van der Waals surface area contributed by atoms with Gasteiger partial charge in [-0.15, -0.1) is 0 Å². The second-order valence-electron chi connectivity index (χ2n) is 3.50. The normalized spacial score (nSPS) is 10.1. The van der Waals surface area contributed by atoms with Gasteiger partial charge in [-0.1, -0.05) is 39.4 Å². The predicted molar refractivity (Wildman–Crippen MR) is 74.9 cm³/mol. The van der Waals surface area contributed by atoms with E-state index >= 15 is 0 Å². The van der Waals surface area contributed by atoms with Gasteiger partial charge in [-0.3, -0.25) is 0 Å². The first-order valence-corrected chi connectivity index (χ1v) is 6.82. The molecule has 0 radical (unpaired) electrons. The molecule has 0 spiro atoms. The summed E-state index contributed by atoms with van der Waals surface area (Å²) in [5, 5.41) is 3.87. The number of halogens is 1. The van der Waals surface area contributed by atoms with Gasteiger partial charge in [0.1, 0.15) is 4.88 Å². The minimum Gasteiger partial charge on any atom is -0.465 e. The number of ether oxygens (including phenoxy) is 1. The van der Waals surface area contributed by atoms with Crippen LogP contribution in [-0.4, -0.2) is 18.1 Å². The number of anilines is 1. The predicted octanol–water partition coefficient (Wildman–Crippen LogP) is 3.30. The van der Waals surface area contributed by atoms with E-state index < -0.39 is 0 Å². The molecule has 0 atom stereocenters. The van der Waals surface area contributed by atoms with E-state index in [1.807, 2.05) is 24.3 Å². The third-order valence-electron chi connectivity index (χ3n) is 2.25. The van der Waals surface area contributed by atoms with Crippen molar-refractivity contribution < 1.29 is 9.53 Å². The molecular formula is C12H11BrN2O2S. The summed E-state index contributed by atoms with van der Waals surface area (Å²) >= 11 is 4.67. The maximum absolute atomic E-state index is 11.3. The van der Waals surface area contributed by atoms with Gasteiger partial charge in [0.15, 0.2) is 5.13 Å². The van der Waals surface area contributed by atoms with Crippen molar-refractivity contribution in [3.05, 3.63) is 45.4 Å². The molecule has 0 saturated heterocycles. The fourth-order valence-electron chi connectivity index (χ4n) is 1.33. The summed E-state index contributed by atoms with van der Waals surface area (Å²) in [6.45, 7) is 0.668. The summed E-state index contributed by atoms with van der Waals surface area (Å²) in [4.78, 5) is 15.9. The molecule has 2 rings (SSSR count). The first-order valence-electron chi connectivity index (χ1n) is 5.21. The Bertz CT molecular complexity index is 539. The molecule has 1 heterocycles. The van der Waals surface area contributed by atoms with Crippen molar-refractivity contribution in [3.63, 3.8) is 0 Å².